The van der Waals surface area contributed by atoms with Gasteiger partial charge >= 0.3 is 0 Å². The van der Waals surface area contributed by atoms with Gasteiger partial charge in [0.05, 0.1) is 19.7 Å². The third kappa shape index (κ3) is 1.54. The second-order valence-electron chi connectivity index (χ2n) is 3.69. The largest absolute Gasteiger partial charge is 0.493 e. The van der Waals surface area contributed by atoms with Crippen LogP contribution in [0, 0.1) is 0 Å². The molecule has 1 heterocycles. The van der Waals surface area contributed by atoms with Gasteiger partial charge in [0.25, 0.3) is 0 Å². The van der Waals surface area contributed by atoms with Crippen molar-refractivity contribution < 1.29 is 9.47 Å². The Morgan fingerprint density at radius 3 is 2.31 bits per heavy atom. The monoisotopic (exact) mass is 221 g/mol. The lowest BCUT2D eigenvalue weighted by atomic mass is 10.2. The molecule has 0 atom stereocenters. The van der Waals surface area contributed by atoms with Crippen LogP contribution in [-0.2, 0) is 0 Å². The molecule has 1 aromatic heterocycles. The van der Waals surface area contributed by atoms with Crippen molar-refractivity contribution in [1.82, 2.24) is 10.2 Å². The maximum Gasteiger partial charge on any atom is 0.162 e. The summed E-state index contributed by atoms with van der Waals surface area (Å²) in [6.45, 7) is 0. The van der Waals surface area contributed by atoms with E-state index in [2.05, 4.69) is 10.2 Å². The maximum absolute atomic E-state index is 5.26. The van der Waals surface area contributed by atoms with E-state index in [1.165, 1.54) is 0 Å². The number of hydrogen-bond donors (Lipinski definition) is 1. The molecule has 0 spiro atoms. The number of fused-ring (bicyclic) bond motifs is 1. The van der Waals surface area contributed by atoms with E-state index < -0.39 is 0 Å². The molecular weight excluding hydrogens is 206 g/mol. The predicted octanol–water partition coefficient (Wildman–Crippen LogP) is 1.65. The van der Waals surface area contributed by atoms with E-state index >= 15 is 0 Å². The molecule has 1 aromatic carbocycles. The Hall–Kier alpha value is -1.91. The zero-order valence-electron chi connectivity index (χ0n) is 9.87. The van der Waals surface area contributed by atoms with E-state index in [0.29, 0.717) is 11.5 Å². The van der Waals surface area contributed by atoms with E-state index in [0.717, 1.165) is 16.7 Å². The van der Waals surface area contributed by atoms with Gasteiger partial charge in [0, 0.05) is 25.5 Å². The Morgan fingerprint density at radius 2 is 1.75 bits per heavy atom. The van der Waals surface area contributed by atoms with Gasteiger partial charge in [0.15, 0.2) is 17.3 Å². The van der Waals surface area contributed by atoms with Crippen molar-refractivity contribution in [2.75, 3.05) is 33.2 Å². The van der Waals surface area contributed by atoms with Gasteiger partial charge in [-0.05, 0) is 6.07 Å². The summed E-state index contributed by atoms with van der Waals surface area (Å²) in [6, 6.07) is 3.81. The fourth-order valence-electron chi connectivity index (χ4n) is 1.67. The zero-order valence-corrected chi connectivity index (χ0v) is 9.87. The van der Waals surface area contributed by atoms with Crippen molar-refractivity contribution in [3.63, 3.8) is 0 Å². The number of ether oxygens (including phenoxy) is 2. The molecule has 2 aromatic rings. The van der Waals surface area contributed by atoms with Crippen LogP contribution in [0.15, 0.2) is 12.1 Å². The van der Waals surface area contributed by atoms with Crippen LogP contribution in [0.3, 0.4) is 0 Å². The van der Waals surface area contributed by atoms with E-state index in [9.17, 15) is 0 Å². The normalized spacial score (nSPS) is 10.5. The number of rotatable bonds is 3. The van der Waals surface area contributed by atoms with E-state index in [1.807, 2.05) is 31.1 Å². The van der Waals surface area contributed by atoms with Crippen LogP contribution in [0.25, 0.3) is 10.9 Å². The summed E-state index contributed by atoms with van der Waals surface area (Å²) in [5.74, 6) is 2.29. The second kappa shape index (κ2) is 3.92. The van der Waals surface area contributed by atoms with E-state index in [-0.39, 0.29) is 0 Å². The van der Waals surface area contributed by atoms with Crippen LogP contribution in [-0.4, -0.2) is 38.5 Å². The molecule has 2 rings (SSSR count). The molecule has 5 heteroatoms. The van der Waals surface area contributed by atoms with E-state index in [1.54, 1.807) is 14.2 Å². The molecule has 0 bridgehead atoms. The highest BCUT2D eigenvalue weighted by Gasteiger charge is 2.12. The Kier molecular flexibility index (Phi) is 2.60. The average Bonchev–Trinajstić information content (AvgIpc) is 2.69. The van der Waals surface area contributed by atoms with Crippen molar-refractivity contribution in [2.45, 2.75) is 0 Å². The van der Waals surface area contributed by atoms with Crippen LogP contribution in [0.4, 0.5) is 5.82 Å². The summed E-state index contributed by atoms with van der Waals surface area (Å²) in [4.78, 5) is 1.95. The molecule has 0 unspecified atom stereocenters. The first-order valence-corrected chi connectivity index (χ1v) is 4.94. The maximum atomic E-state index is 5.26. The Labute approximate surface area is 94.0 Å². The van der Waals surface area contributed by atoms with Gasteiger partial charge in [-0.3, -0.25) is 5.10 Å². The SMILES string of the molecule is COc1cc2[nH]nc(N(C)C)c2cc1OC. The molecule has 0 fully saturated rings. The number of aromatic nitrogens is 2. The third-order valence-electron chi connectivity index (χ3n) is 2.47. The van der Waals surface area contributed by atoms with Crippen LogP contribution in [0.5, 0.6) is 11.5 Å². The third-order valence-corrected chi connectivity index (χ3v) is 2.47. The minimum Gasteiger partial charge on any atom is -0.493 e. The Bertz CT molecular complexity index is 505. The molecular formula is C11H15N3O2. The number of methoxy groups -OCH3 is 2. The molecule has 0 saturated heterocycles. The molecule has 0 aliphatic rings. The van der Waals surface area contributed by atoms with Gasteiger partial charge in [-0.2, -0.15) is 5.10 Å². The Balaban J connectivity index is 2.66. The van der Waals surface area contributed by atoms with Crippen molar-refractivity contribution in [1.29, 1.82) is 0 Å². The molecule has 5 nitrogen and oxygen atoms in total. The van der Waals surface area contributed by atoms with Crippen LogP contribution in [0.2, 0.25) is 0 Å². The second-order valence-corrected chi connectivity index (χ2v) is 3.69. The molecule has 86 valence electrons. The predicted molar refractivity (Wildman–Crippen MR) is 63.5 cm³/mol. The van der Waals surface area contributed by atoms with Crippen LogP contribution >= 0.6 is 0 Å². The lowest BCUT2D eigenvalue weighted by molar-refractivity contribution is 0.356. The number of benzene rings is 1. The fourth-order valence-corrected chi connectivity index (χ4v) is 1.67. The zero-order chi connectivity index (χ0) is 11.7. The molecule has 0 aliphatic heterocycles. The summed E-state index contributed by atoms with van der Waals surface area (Å²) < 4.78 is 10.5. The fraction of sp³-hybridized carbons (Fsp3) is 0.364. The first-order chi connectivity index (χ1) is 7.67. The summed E-state index contributed by atoms with van der Waals surface area (Å²) in [6.07, 6.45) is 0. The lowest BCUT2D eigenvalue weighted by Crippen LogP contribution is -2.09. The average molecular weight is 221 g/mol. The number of hydrogen-bond acceptors (Lipinski definition) is 4. The number of aromatic amines is 1. The van der Waals surface area contributed by atoms with Crippen LogP contribution in [0.1, 0.15) is 0 Å². The van der Waals surface area contributed by atoms with Crippen molar-refractivity contribution >= 4 is 16.7 Å². The minimum atomic E-state index is 0.698. The highest BCUT2D eigenvalue weighted by molar-refractivity contribution is 5.92. The van der Waals surface area contributed by atoms with Crippen LogP contribution < -0.4 is 14.4 Å². The summed E-state index contributed by atoms with van der Waals surface area (Å²) in [5, 5.41) is 8.22. The van der Waals surface area contributed by atoms with Gasteiger partial charge in [0.2, 0.25) is 0 Å². The quantitative estimate of drug-likeness (QED) is 0.856. The number of nitrogens with one attached hydrogen (secondary N) is 1. The smallest absolute Gasteiger partial charge is 0.162 e. The molecule has 0 amide bonds. The number of H-pyrrole nitrogens is 1. The minimum absolute atomic E-state index is 0.698. The topological polar surface area (TPSA) is 50.4 Å². The standard InChI is InChI=1S/C11H15N3O2/c1-14(2)11-7-5-9(15-3)10(16-4)6-8(7)12-13-11/h5-6H,1-4H3,(H,12,13). The highest BCUT2D eigenvalue weighted by atomic mass is 16.5. The number of anilines is 1. The van der Waals surface area contributed by atoms with Gasteiger partial charge < -0.3 is 14.4 Å². The van der Waals surface area contributed by atoms with Crippen molar-refractivity contribution in [3.05, 3.63) is 12.1 Å². The first kappa shape index (κ1) is 10.6. The van der Waals surface area contributed by atoms with Crippen molar-refractivity contribution in [2.24, 2.45) is 0 Å². The molecule has 0 aliphatic carbocycles. The summed E-state index contributed by atoms with van der Waals surface area (Å²) in [5.41, 5.74) is 0.932. The first-order valence-electron chi connectivity index (χ1n) is 4.94. The Morgan fingerprint density at radius 1 is 1.12 bits per heavy atom. The highest BCUT2D eigenvalue weighted by Crippen LogP contribution is 2.34. The van der Waals surface area contributed by atoms with Gasteiger partial charge in [-0.25, -0.2) is 0 Å². The molecule has 0 radical (unpaired) electrons. The number of nitrogens with zero attached hydrogens (tertiary/aromatic N) is 2. The summed E-state index contributed by atoms with van der Waals surface area (Å²) in [7, 11) is 7.14. The molecule has 16 heavy (non-hydrogen) atoms. The molecule has 0 saturated carbocycles. The van der Waals surface area contributed by atoms with Gasteiger partial charge in [-0.15, -0.1) is 0 Å². The van der Waals surface area contributed by atoms with Gasteiger partial charge in [0.1, 0.15) is 0 Å². The van der Waals surface area contributed by atoms with Gasteiger partial charge in [-0.1, -0.05) is 0 Å². The molecule has 1 N–H and O–H groups in total. The van der Waals surface area contributed by atoms with Crippen molar-refractivity contribution in [3.8, 4) is 11.5 Å². The van der Waals surface area contributed by atoms with E-state index in [4.69, 9.17) is 9.47 Å². The lowest BCUT2D eigenvalue weighted by Gasteiger charge is -2.10. The summed E-state index contributed by atoms with van der Waals surface area (Å²) >= 11 is 0.